The molecule has 0 radical (unpaired) electrons. The average Bonchev–Trinajstić information content (AvgIpc) is 2.86. The maximum atomic E-state index is 13.6. The van der Waals surface area contributed by atoms with E-state index in [0.717, 1.165) is 69.6 Å². The number of aldehydes is 1. The number of halogens is 2. The van der Waals surface area contributed by atoms with Crippen molar-refractivity contribution in [1.82, 2.24) is 14.7 Å². The van der Waals surface area contributed by atoms with Gasteiger partial charge in [0.15, 0.2) is 0 Å². The highest BCUT2D eigenvalue weighted by atomic mass is 19.1. The molecular weight excluding hydrogens is 432 g/mol. The van der Waals surface area contributed by atoms with Gasteiger partial charge < -0.3 is 9.69 Å². The van der Waals surface area contributed by atoms with Crippen LogP contribution in [0.4, 0.5) is 8.78 Å². The molecule has 2 heterocycles. The number of piperazine rings is 1. The van der Waals surface area contributed by atoms with E-state index in [0.29, 0.717) is 5.92 Å². The van der Waals surface area contributed by atoms with Gasteiger partial charge in [-0.25, -0.2) is 8.78 Å². The molecule has 2 fully saturated rings. The molecule has 4 nitrogen and oxygen atoms in total. The molecule has 0 N–H and O–H groups in total. The maximum Gasteiger partial charge on any atom is 0.137 e. The number of likely N-dealkylation sites (tertiary alicyclic amines) is 1. The third kappa shape index (κ3) is 6.49. The smallest absolute Gasteiger partial charge is 0.137 e. The Morgan fingerprint density at radius 1 is 0.765 bits per heavy atom. The SMILES string of the molecule is CC(CC(C=O)N1CCCCC1)CN1CCN(C(c2ccc(F)cc2)c2ccc(F)cc2)CC1. The summed E-state index contributed by atoms with van der Waals surface area (Å²) >= 11 is 0. The van der Waals surface area contributed by atoms with E-state index in [1.54, 1.807) is 0 Å². The van der Waals surface area contributed by atoms with E-state index in [1.807, 2.05) is 24.3 Å². The lowest BCUT2D eigenvalue weighted by molar-refractivity contribution is -0.113. The summed E-state index contributed by atoms with van der Waals surface area (Å²) in [6.45, 7) is 8.99. The molecule has 34 heavy (non-hydrogen) atoms. The molecule has 2 aliphatic rings. The van der Waals surface area contributed by atoms with Crippen molar-refractivity contribution in [3.63, 3.8) is 0 Å². The highest BCUT2D eigenvalue weighted by molar-refractivity contribution is 5.57. The number of hydrogen-bond donors (Lipinski definition) is 0. The lowest BCUT2D eigenvalue weighted by Gasteiger charge is -2.41. The Hall–Kier alpha value is -2.15. The number of rotatable bonds is 9. The van der Waals surface area contributed by atoms with Crippen molar-refractivity contribution in [3.05, 3.63) is 71.3 Å². The van der Waals surface area contributed by atoms with Gasteiger partial charge in [0.1, 0.15) is 17.9 Å². The lowest BCUT2D eigenvalue weighted by Crippen LogP contribution is -2.49. The fraction of sp³-hybridized carbons (Fsp3) is 0.536. The zero-order chi connectivity index (χ0) is 23.9. The van der Waals surface area contributed by atoms with E-state index in [1.165, 1.54) is 43.5 Å². The number of carbonyl (C=O) groups excluding carboxylic acids is 1. The molecule has 2 aliphatic heterocycles. The van der Waals surface area contributed by atoms with Crippen molar-refractivity contribution >= 4 is 6.29 Å². The molecule has 4 rings (SSSR count). The standard InChI is InChI=1S/C28H37F2N3O/c1-22(19-27(21-34)32-13-3-2-4-14-32)20-31-15-17-33(18-16-31)28(23-5-9-25(29)10-6-23)24-7-11-26(30)12-8-24/h5-12,21-22,27-28H,2-4,13-20H2,1H3. The van der Waals surface area contributed by atoms with Gasteiger partial charge in [0.05, 0.1) is 12.1 Å². The molecule has 0 spiro atoms. The molecule has 0 saturated carbocycles. The topological polar surface area (TPSA) is 26.8 Å². The second-order valence-corrected chi connectivity index (χ2v) is 9.98. The van der Waals surface area contributed by atoms with Crippen LogP contribution in [0.5, 0.6) is 0 Å². The van der Waals surface area contributed by atoms with Crippen LogP contribution in [0, 0.1) is 17.6 Å². The third-order valence-corrected chi connectivity index (χ3v) is 7.37. The minimum atomic E-state index is -0.251. The number of benzene rings is 2. The van der Waals surface area contributed by atoms with Crippen LogP contribution in [0.15, 0.2) is 48.5 Å². The summed E-state index contributed by atoms with van der Waals surface area (Å²) in [7, 11) is 0. The Kier molecular flexibility index (Phi) is 8.81. The van der Waals surface area contributed by atoms with Crippen LogP contribution in [0.3, 0.4) is 0 Å². The molecule has 0 amide bonds. The summed E-state index contributed by atoms with van der Waals surface area (Å²) in [5, 5.41) is 0. The second kappa shape index (κ2) is 12.0. The Bertz CT molecular complexity index is 845. The molecule has 2 unspecified atom stereocenters. The van der Waals surface area contributed by atoms with Gasteiger partial charge in [-0.05, 0) is 73.7 Å². The average molecular weight is 470 g/mol. The van der Waals surface area contributed by atoms with Crippen LogP contribution >= 0.6 is 0 Å². The Balaban J connectivity index is 1.36. The van der Waals surface area contributed by atoms with Crippen molar-refractivity contribution < 1.29 is 13.6 Å². The van der Waals surface area contributed by atoms with Crippen molar-refractivity contribution in [3.8, 4) is 0 Å². The molecule has 0 aromatic heterocycles. The van der Waals surface area contributed by atoms with Gasteiger partial charge in [-0.3, -0.25) is 9.80 Å². The molecule has 184 valence electrons. The van der Waals surface area contributed by atoms with Gasteiger partial charge in [-0.2, -0.15) is 0 Å². The third-order valence-electron chi connectivity index (χ3n) is 7.37. The summed E-state index contributed by atoms with van der Waals surface area (Å²) in [6, 6.07) is 13.3. The first-order valence-electron chi connectivity index (χ1n) is 12.7. The highest BCUT2D eigenvalue weighted by Gasteiger charge is 2.28. The fourth-order valence-electron chi connectivity index (χ4n) is 5.58. The minimum absolute atomic E-state index is 0.0284. The molecule has 2 saturated heterocycles. The zero-order valence-corrected chi connectivity index (χ0v) is 20.2. The predicted molar refractivity (Wildman–Crippen MR) is 132 cm³/mol. The van der Waals surface area contributed by atoms with Crippen LogP contribution in [-0.2, 0) is 4.79 Å². The first-order chi connectivity index (χ1) is 16.5. The van der Waals surface area contributed by atoms with Gasteiger partial charge >= 0.3 is 0 Å². The molecule has 0 bridgehead atoms. The van der Waals surface area contributed by atoms with E-state index in [4.69, 9.17) is 0 Å². The molecule has 0 aliphatic carbocycles. The zero-order valence-electron chi connectivity index (χ0n) is 20.2. The van der Waals surface area contributed by atoms with Crippen LogP contribution in [-0.4, -0.2) is 72.8 Å². The van der Waals surface area contributed by atoms with Gasteiger partial charge in [0.2, 0.25) is 0 Å². The minimum Gasteiger partial charge on any atom is -0.302 e. The van der Waals surface area contributed by atoms with Gasteiger partial charge in [0.25, 0.3) is 0 Å². The lowest BCUT2D eigenvalue weighted by atomic mass is 9.95. The van der Waals surface area contributed by atoms with Crippen LogP contribution < -0.4 is 0 Å². The van der Waals surface area contributed by atoms with Crippen molar-refractivity contribution in [1.29, 1.82) is 0 Å². The quantitative estimate of drug-likeness (QED) is 0.495. The summed E-state index contributed by atoms with van der Waals surface area (Å²) in [5.74, 6) is -0.0501. The van der Waals surface area contributed by atoms with Gasteiger partial charge in [-0.15, -0.1) is 0 Å². The van der Waals surface area contributed by atoms with Crippen molar-refractivity contribution in [2.45, 2.75) is 44.7 Å². The predicted octanol–water partition coefficient (Wildman–Crippen LogP) is 4.75. The van der Waals surface area contributed by atoms with Crippen molar-refractivity contribution in [2.75, 3.05) is 45.8 Å². The number of hydrogen-bond acceptors (Lipinski definition) is 4. The van der Waals surface area contributed by atoms with Gasteiger partial charge in [0, 0.05) is 32.7 Å². The highest BCUT2D eigenvalue weighted by Crippen LogP contribution is 2.30. The monoisotopic (exact) mass is 469 g/mol. The van der Waals surface area contributed by atoms with Crippen molar-refractivity contribution in [2.24, 2.45) is 5.92 Å². The van der Waals surface area contributed by atoms with Crippen LogP contribution in [0.2, 0.25) is 0 Å². The summed E-state index contributed by atoms with van der Waals surface area (Å²) in [4.78, 5) is 19.0. The Morgan fingerprint density at radius 3 is 1.79 bits per heavy atom. The number of carbonyl (C=O) groups is 1. The van der Waals surface area contributed by atoms with E-state index in [-0.39, 0.29) is 23.7 Å². The Labute approximate surface area is 202 Å². The van der Waals surface area contributed by atoms with Crippen LogP contribution in [0.1, 0.15) is 49.8 Å². The Morgan fingerprint density at radius 2 is 1.29 bits per heavy atom. The van der Waals surface area contributed by atoms with Gasteiger partial charge in [-0.1, -0.05) is 37.6 Å². The second-order valence-electron chi connectivity index (χ2n) is 9.98. The van der Waals surface area contributed by atoms with Crippen LogP contribution in [0.25, 0.3) is 0 Å². The normalized spacial score (nSPS) is 20.4. The molecule has 6 heteroatoms. The summed E-state index contributed by atoms with van der Waals surface area (Å²) in [6.07, 6.45) is 5.74. The van der Waals surface area contributed by atoms with E-state index < -0.39 is 0 Å². The fourth-order valence-corrected chi connectivity index (χ4v) is 5.58. The van der Waals surface area contributed by atoms with E-state index >= 15 is 0 Å². The molecule has 2 atom stereocenters. The maximum absolute atomic E-state index is 13.6. The van der Waals surface area contributed by atoms with E-state index in [2.05, 4.69) is 21.6 Å². The first-order valence-corrected chi connectivity index (χ1v) is 12.7. The van der Waals surface area contributed by atoms with E-state index in [9.17, 15) is 13.6 Å². The largest absolute Gasteiger partial charge is 0.302 e. The number of nitrogens with zero attached hydrogens (tertiary/aromatic N) is 3. The molecular formula is C28H37F2N3O. The summed E-state index contributed by atoms with van der Waals surface area (Å²) < 4.78 is 27.1. The number of piperidine rings is 1. The molecule has 2 aromatic rings. The molecule has 2 aromatic carbocycles. The summed E-state index contributed by atoms with van der Waals surface area (Å²) in [5.41, 5.74) is 2.04. The first kappa shape index (κ1) is 25.0.